The minimum absolute atomic E-state index is 0.0335. The summed E-state index contributed by atoms with van der Waals surface area (Å²) in [4.78, 5) is 28.4. The van der Waals surface area contributed by atoms with E-state index in [1.807, 2.05) is 37.3 Å². The fourth-order valence-corrected chi connectivity index (χ4v) is 4.83. The lowest BCUT2D eigenvalue weighted by Gasteiger charge is -2.32. The first kappa shape index (κ1) is 28.3. The van der Waals surface area contributed by atoms with Gasteiger partial charge in [-0.1, -0.05) is 94.1 Å². The van der Waals surface area contributed by atoms with E-state index in [2.05, 4.69) is 21.2 Å². The molecule has 0 aliphatic carbocycles. The number of nitrogens with zero attached hydrogens (tertiary/aromatic N) is 1. The second-order valence-electron chi connectivity index (χ2n) is 8.08. The fourth-order valence-electron chi connectivity index (χ4n) is 3.59. The monoisotopic (exact) mass is 610 g/mol. The van der Waals surface area contributed by atoms with Gasteiger partial charge in [0.15, 0.2) is 6.61 Å². The highest BCUT2D eigenvalue weighted by Gasteiger charge is 2.31. The van der Waals surface area contributed by atoms with E-state index >= 15 is 0 Å². The Hall–Kier alpha value is -2.25. The quantitative estimate of drug-likeness (QED) is 0.255. The summed E-state index contributed by atoms with van der Waals surface area (Å²) >= 11 is 22.5. The molecule has 0 fully saturated rings. The van der Waals surface area contributed by atoms with Crippen molar-refractivity contribution in [2.75, 3.05) is 13.2 Å². The maximum atomic E-state index is 13.6. The van der Waals surface area contributed by atoms with Crippen molar-refractivity contribution >= 4 is 62.5 Å². The first-order valence-corrected chi connectivity index (χ1v) is 13.3. The zero-order chi connectivity index (χ0) is 26.1. The molecule has 1 N–H and O–H groups in total. The van der Waals surface area contributed by atoms with Crippen molar-refractivity contribution in [1.29, 1.82) is 0 Å². The third kappa shape index (κ3) is 7.87. The lowest BCUT2D eigenvalue weighted by Crippen LogP contribution is -2.51. The van der Waals surface area contributed by atoms with Gasteiger partial charge in [-0.05, 0) is 42.3 Å². The van der Waals surface area contributed by atoms with Crippen LogP contribution in [0.3, 0.4) is 0 Å². The van der Waals surface area contributed by atoms with Crippen LogP contribution in [-0.4, -0.2) is 35.9 Å². The number of carbonyl (C=O) groups is 2. The molecule has 9 heteroatoms. The van der Waals surface area contributed by atoms with Crippen molar-refractivity contribution in [2.24, 2.45) is 0 Å². The SMILES string of the molecule is CCCNC(=O)[C@H](Cc1ccccc1)N(Cc1c(Cl)cccc1Cl)C(=O)COc1ccc(Br)cc1Cl. The normalized spacial score (nSPS) is 11.6. The molecule has 0 radical (unpaired) electrons. The summed E-state index contributed by atoms with van der Waals surface area (Å²) in [5, 5.41) is 4.10. The molecule has 5 nitrogen and oxygen atoms in total. The van der Waals surface area contributed by atoms with Crippen molar-refractivity contribution in [3.63, 3.8) is 0 Å². The maximum absolute atomic E-state index is 13.6. The lowest BCUT2D eigenvalue weighted by molar-refractivity contribution is -0.142. The number of rotatable bonds is 11. The molecule has 0 unspecified atom stereocenters. The Morgan fingerprint density at radius 2 is 1.67 bits per heavy atom. The van der Waals surface area contributed by atoms with E-state index in [9.17, 15) is 9.59 Å². The summed E-state index contributed by atoms with van der Waals surface area (Å²) in [6, 6.07) is 19.0. The predicted molar refractivity (Wildman–Crippen MR) is 149 cm³/mol. The van der Waals surface area contributed by atoms with Gasteiger partial charge in [0.1, 0.15) is 11.8 Å². The van der Waals surface area contributed by atoms with Crippen LogP contribution in [0.1, 0.15) is 24.5 Å². The number of hydrogen-bond donors (Lipinski definition) is 1. The van der Waals surface area contributed by atoms with Gasteiger partial charge in [0.25, 0.3) is 5.91 Å². The number of hydrogen-bond acceptors (Lipinski definition) is 3. The standard InChI is InChI=1S/C27H26BrCl3N2O3/c1-2-13-32-27(35)24(14-18-7-4-3-5-8-18)33(16-20-21(29)9-6-10-22(20)30)26(34)17-36-25-12-11-19(28)15-23(25)31/h3-12,15,24H,2,13-14,16-17H2,1H3,(H,32,35)/t24-/m0/s1. The average molecular weight is 613 g/mol. The first-order chi connectivity index (χ1) is 17.3. The number of benzene rings is 3. The zero-order valence-electron chi connectivity index (χ0n) is 19.6. The molecule has 1 atom stereocenters. The molecule has 190 valence electrons. The molecule has 36 heavy (non-hydrogen) atoms. The molecule has 3 aromatic rings. The molecule has 0 aliphatic heterocycles. The van der Waals surface area contributed by atoms with Gasteiger partial charge >= 0.3 is 0 Å². The van der Waals surface area contributed by atoms with Crippen LogP contribution in [0.15, 0.2) is 71.2 Å². The molecule has 0 aliphatic rings. The highest BCUT2D eigenvalue weighted by atomic mass is 79.9. The molecular formula is C27H26BrCl3N2O3. The van der Waals surface area contributed by atoms with Crippen LogP contribution >= 0.6 is 50.7 Å². The highest BCUT2D eigenvalue weighted by molar-refractivity contribution is 9.10. The van der Waals surface area contributed by atoms with Crippen molar-refractivity contribution < 1.29 is 14.3 Å². The van der Waals surface area contributed by atoms with E-state index in [4.69, 9.17) is 39.5 Å². The molecule has 0 spiro atoms. The number of halogens is 4. The van der Waals surface area contributed by atoms with Crippen LogP contribution in [0.2, 0.25) is 15.1 Å². The molecular weight excluding hydrogens is 587 g/mol. The highest BCUT2D eigenvalue weighted by Crippen LogP contribution is 2.29. The third-order valence-corrected chi connectivity index (χ3v) is 6.95. The van der Waals surface area contributed by atoms with Gasteiger partial charge in [0.2, 0.25) is 5.91 Å². The summed E-state index contributed by atoms with van der Waals surface area (Å²) in [5.74, 6) is -0.310. The number of ether oxygens (including phenoxy) is 1. The van der Waals surface area contributed by atoms with E-state index in [1.165, 1.54) is 4.90 Å². The molecule has 0 saturated heterocycles. The van der Waals surface area contributed by atoms with Crippen LogP contribution in [0, 0.1) is 0 Å². The lowest BCUT2D eigenvalue weighted by atomic mass is 10.0. The summed E-state index contributed by atoms with van der Waals surface area (Å²) in [6.07, 6.45) is 1.07. The second-order valence-corrected chi connectivity index (χ2v) is 10.2. The Labute approximate surface area is 234 Å². The number of nitrogens with one attached hydrogen (secondary N) is 1. The Morgan fingerprint density at radius 3 is 2.31 bits per heavy atom. The van der Waals surface area contributed by atoms with Gasteiger partial charge in [-0.15, -0.1) is 0 Å². The third-order valence-electron chi connectivity index (χ3n) is 5.46. The van der Waals surface area contributed by atoms with Crippen LogP contribution in [0.4, 0.5) is 0 Å². The summed E-state index contributed by atoms with van der Waals surface area (Å²) < 4.78 is 6.54. The van der Waals surface area contributed by atoms with Crippen LogP contribution in [0.5, 0.6) is 5.75 Å². The van der Waals surface area contributed by atoms with Crippen molar-refractivity contribution in [1.82, 2.24) is 10.2 Å². The second kappa shape index (κ2) is 13.9. The van der Waals surface area contributed by atoms with E-state index < -0.39 is 11.9 Å². The van der Waals surface area contributed by atoms with Crippen molar-refractivity contribution in [3.8, 4) is 5.75 Å². The minimum Gasteiger partial charge on any atom is -0.482 e. The van der Waals surface area contributed by atoms with Gasteiger partial charge in [-0.25, -0.2) is 0 Å². The van der Waals surface area contributed by atoms with Crippen molar-refractivity contribution in [3.05, 3.63) is 97.4 Å². The Bertz CT molecular complexity index is 1170. The molecule has 2 amide bonds. The van der Waals surface area contributed by atoms with Crippen LogP contribution in [-0.2, 0) is 22.6 Å². The molecule has 0 heterocycles. The van der Waals surface area contributed by atoms with Gasteiger partial charge in [-0.2, -0.15) is 0 Å². The van der Waals surface area contributed by atoms with Crippen LogP contribution < -0.4 is 10.1 Å². The Morgan fingerprint density at radius 1 is 0.972 bits per heavy atom. The predicted octanol–water partition coefficient (Wildman–Crippen LogP) is 6.95. The fraction of sp³-hybridized carbons (Fsp3) is 0.259. The summed E-state index contributed by atoms with van der Waals surface area (Å²) in [5.41, 5.74) is 1.46. The zero-order valence-corrected chi connectivity index (χ0v) is 23.5. The first-order valence-electron chi connectivity index (χ1n) is 11.4. The topological polar surface area (TPSA) is 58.6 Å². The minimum atomic E-state index is -0.817. The van der Waals surface area contributed by atoms with Gasteiger partial charge in [-0.3, -0.25) is 9.59 Å². The smallest absolute Gasteiger partial charge is 0.261 e. The average Bonchev–Trinajstić information content (AvgIpc) is 2.86. The Kier molecular flexibility index (Phi) is 10.9. The van der Waals surface area contributed by atoms with E-state index in [0.717, 1.165) is 16.5 Å². The van der Waals surface area contributed by atoms with Crippen LogP contribution in [0.25, 0.3) is 0 Å². The summed E-state index contributed by atoms with van der Waals surface area (Å²) in [6.45, 7) is 2.17. The van der Waals surface area contributed by atoms with E-state index in [-0.39, 0.29) is 19.1 Å². The van der Waals surface area contributed by atoms with E-state index in [1.54, 1.807) is 36.4 Å². The Balaban J connectivity index is 1.95. The molecule has 0 bridgehead atoms. The molecule has 3 aromatic carbocycles. The number of amides is 2. The largest absolute Gasteiger partial charge is 0.482 e. The molecule has 3 rings (SSSR count). The van der Waals surface area contributed by atoms with Gasteiger partial charge < -0.3 is 15.0 Å². The maximum Gasteiger partial charge on any atom is 0.261 e. The molecule has 0 saturated carbocycles. The van der Waals surface area contributed by atoms with Gasteiger partial charge in [0, 0.05) is 39.6 Å². The van der Waals surface area contributed by atoms with E-state index in [0.29, 0.717) is 39.3 Å². The van der Waals surface area contributed by atoms with Crippen molar-refractivity contribution in [2.45, 2.75) is 32.4 Å². The summed E-state index contributed by atoms with van der Waals surface area (Å²) in [7, 11) is 0. The van der Waals surface area contributed by atoms with Gasteiger partial charge in [0.05, 0.1) is 5.02 Å². The molecule has 0 aromatic heterocycles. The number of carbonyl (C=O) groups excluding carboxylic acids is 2.